The quantitative estimate of drug-likeness (QED) is 0.447. The maximum atomic E-state index is 5.91. The highest BCUT2D eigenvalue weighted by atomic mass is 16.5. The number of ether oxygens (including phenoxy) is 1. The molecule has 29 heavy (non-hydrogen) atoms. The minimum absolute atomic E-state index is 0.641. The molecule has 0 radical (unpaired) electrons. The lowest BCUT2D eigenvalue weighted by Gasteiger charge is -2.07. The molecule has 0 unspecified atom stereocenters. The van der Waals surface area contributed by atoms with Gasteiger partial charge in [-0.1, -0.05) is 37.1 Å². The molecule has 1 saturated heterocycles. The van der Waals surface area contributed by atoms with Gasteiger partial charge in [0, 0.05) is 6.54 Å². The summed E-state index contributed by atoms with van der Waals surface area (Å²) in [5.41, 5.74) is 3.13. The van der Waals surface area contributed by atoms with Gasteiger partial charge in [-0.15, -0.1) is 0 Å². The highest BCUT2D eigenvalue weighted by Crippen LogP contribution is 2.22. The van der Waals surface area contributed by atoms with E-state index >= 15 is 0 Å². The maximum Gasteiger partial charge on any atom is 0.295 e. The molecule has 0 spiro atoms. The van der Waals surface area contributed by atoms with Crippen molar-refractivity contribution >= 4 is 17.1 Å². The summed E-state index contributed by atoms with van der Waals surface area (Å²) < 4.78 is 11.7. The second-order valence-electron chi connectivity index (χ2n) is 7.89. The van der Waals surface area contributed by atoms with E-state index in [1.807, 2.05) is 30.3 Å². The minimum Gasteiger partial charge on any atom is -0.494 e. The van der Waals surface area contributed by atoms with Gasteiger partial charge in [0.2, 0.25) is 0 Å². The predicted molar refractivity (Wildman–Crippen MR) is 118 cm³/mol. The van der Waals surface area contributed by atoms with Gasteiger partial charge in [0.1, 0.15) is 11.3 Å². The number of benzene rings is 2. The summed E-state index contributed by atoms with van der Waals surface area (Å²) in [6.07, 6.45) is 6.99. The van der Waals surface area contributed by atoms with Crippen LogP contribution in [0.3, 0.4) is 0 Å². The van der Waals surface area contributed by atoms with Gasteiger partial charge in [-0.05, 0) is 74.5 Å². The van der Waals surface area contributed by atoms with Crippen LogP contribution in [0.2, 0.25) is 0 Å². The first-order valence-corrected chi connectivity index (χ1v) is 10.9. The van der Waals surface area contributed by atoms with E-state index in [9.17, 15) is 0 Å². The van der Waals surface area contributed by atoms with Crippen LogP contribution in [0.15, 0.2) is 52.9 Å². The maximum absolute atomic E-state index is 5.91. The highest BCUT2D eigenvalue weighted by molar-refractivity contribution is 5.75. The van der Waals surface area contributed by atoms with Gasteiger partial charge in [0.05, 0.1) is 6.61 Å². The zero-order valence-electron chi connectivity index (χ0n) is 17.0. The summed E-state index contributed by atoms with van der Waals surface area (Å²) >= 11 is 0. The van der Waals surface area contributed by atoms with Crippen molar-refractivity contribution in [1.29, 1.82) is 0 Å². The Balaban J connectivity index is 1.15. The largest absolute Gasteiger partial charge is 0.494 e. The van der Waals surface area contributed by atoms with Gasteiger partial charge < -0.3 is 19.8 Å². The first-order chi connectivity index (χ1) is 14.4. The van der Waals surface area contributed by atoms with Crippen LogP contribution in [0, 0.1) is 5.92 Å². The van der Waals surface area contributed by atoms with Crippen LogP contribution in [-0.4, -0.2) is 31.2 Å². The first-order valence-electron chi connectivity index (χ1n) is 10.9. The lowest BCUT2D eigenvalue weighted by Crippen LogP contribution is -2.17. The molecule has 0 bridgehead atoms. The SMILES string of the molecule is c1ccc(OCCCCCCc2ccc3nc(NC[C@H]4CCNC4)oc3c2)cc1. The zero-order valence-corrected chi connectivity index (χ0v) is 17.0. The van der Waals surface area contributed by atoms with Crippen LogP contribution in [-0.2, 0) is 6.42 Å². The Morgan fingerprint density at radius 3 is 2.83 bits per heavy atom. The van der Waals surface area contributed by atoms with Crippen molar-refractivity contribution in [1.82, 2.24) is 10.3 Å². The van der Waals surface area contributed by atoms with Crippen molar-refractivity contribution in [3.63, 3.8) is 0 Å². The number of aromatic nitrogens is 1. The van der Waals surface area contributed by atoms with Gasteiger partial charge in [-0.3, -0.25) is 0 Å². The van der Waals surface area contributed by atoms with E-state index in [0.717, 1.165) is 55.9 Å². The summed E-state index contributed by atoms with van der Waals surface area (Å²) in [7, 11) is 0. The van der Waals surface area contributed by atoms with E-state index in [4.69, 9.17) is 9.15 Å². The van der Waals surface area contributed by atoms with Crippen molar-refractivity contribution in [2.75, 3.05) is 31.6 Å². The molecule has 1 aliphatic rings. The molecule has 1 atom stereocenters. The fourth-order valence-corrected chi connectivity index (χ4v) is 3.81. The van der Waals surface area contributed by atoms with Crippen molar-refractivity contribution < 1.29 is 9.15 Å². The molecule has 4 rings (SSSR count). The van der Waals surface area contributed by atoms with Crippen molar-refractivity contribution in [3.05, 3.63) is 54.1 Å². The van der Waals surface area contributed by atoms with Crippen molar-refractivity contribution in [2.24, 2.45) is 5.92 Å². The van der Waals surface area contributed by atoms with Crippen LogP contribution < -0.4 is 15.4 Å². The molecule has 1 aromatic heterocycles. The second kappa shape index (κ2) is 10.3. The molecule has 0 saturated carbocycles. The standard InChI is InChI=1S/C24H31N3O2/c1(2-7-15-28-21-9-5-3-6-10-21)4-8-19-11-12-22-23(16-19)29-24(27-22)26-18-20-13-14-25-17-20/h3,5-6,9-12,16,20,25H,1-2,4,7-8,13-15,17-18H2,(H,26,27)/t20-/m0/s1. The summed E-state index contributed by atoms with van der Waals surface area (Å²) in [6, 6.07) is 17.1. The van der Waals surface area contributed by atoms with Gasteiger partial charge in [0.25, 0.3) is 6.01 Å². The normalized spacial score (nSPS) is 16.3. The molecule has 5 nitrogen and oxygen atoms in total. The van der Waals surface area contributed by atoms with E-state index < -0.39 is 0 Å². The fraction of sp³-hybridized carbons (Fsp3) is 0.458. The molecule has 2 N–H and O–H groups in total. The van der Waals surface area contributed by atoms with E-state index in [0.29, 0.717) is 11.9 Å². The number of anilines is 1. The van der Waals surface area contributed by atoms with Crippen LogP contribution in [0.5, 0.6) is 5.75 Å². The number of oxazole rings is 1. The molecule has 0 aliphatic carbocycles. The third kappa shape index (κ3) is 5.97. The smallest absolute Gasteiger partial charge is 0.295 e. The number of rotatable bonds is 11. The average Bonchev–Trinajstić information content (AvgIpc) is 3.41. The molecule has 2 aromatic carbocycles. The Hall–Kier alpha value is -2.53. The summed E-state index contributed by atoms with van der Waals surface area (Å²) in [6.45, 7) is 3.90. The zero-order chi connectivity index (χ0) is 19.7. The Labute approximate surface area is 172 Å². The number of unbranched alkanes of at least 4 members (excludes halogenated alkanes) is 3. The van der Waals surface area contributed by atoms with Gasteiger partial charge in [0.15, 0.2) is 5.58 Å². The Morgan fingerprint density at radius 1 is 1.07 bits per heavy atom. The highest BCUT2D eigenvalue weighted by Gasteiger charge is 2.15. The lowest BCUT2D eigenvalue weighted by atomic mass is 10.1. The molecule has 1 fully saturated rings. The van der Waals surface area contributed by atoms with Crippen LogP contribution in [0.1, 0.15) is 37.7 Å². The third-order valence-corrected chi connectivity index (χ3v) is 5.53. The van der Waals surface area contributed by atoms with E-state index in [1.165, 1.54) is 31.2 Å². The molecule has 3 aromatic rings. The predicted octanol–water partition coefficient (Wildman–Crippen LogP) is 5.03. The second-order valence-corrected chi connectivity index (χ2v) is 7.89. The summed E-state index contributed by atoms with van der Waals surface area (Å²) in [5.74, 6) is 1.63. The van der Waals surface area contributed by atoms with Gasteiger partial charge >= 0.3 is 0 Å². The number of nitrogens with zero attached hydrogens (tertiary/aromatic N) is 1. The molecule has 1 aliphatic heterocycles. The van der Waals surface area contributed by atoms with Crippen LogP contribution >= 0.6 is 0 Å². The minimum atomic E-state index is 0.641. The Morgan fingerprint density at radius 2 is 1.97 bits per heavy atom. The van der Waals surface area contributed by atoms with Gasteiger partial charge in [-0.25, -0.2) is 0 Å². The number of hydrogen-bond donors (Lipinski definition) is 2. The average molecular weight is 394 g/mol. The third-order valence-electron chi connectivity index (χ3n) is 5.53. The van der Waals surface area contributed by atoms with Crippen LogP contribution in [0.25, 0.3) is 11.1 Å². The molecule has 154 valence electrons. The molecule has 5 heteroatoms. The van der Waals surface area contributed by atoms with Crippen molar-refractivity contribution in [3.8, 4) is 5.75 Å². The van der Waals surface area contributed by atoms with Gasteiger partial charge in [-0.2, -0.15) is 4.98 Å². The Bertz CT molecular complexity index is 872. The number of para-hydroxylation sites is 1. The molecule has 0 amide bonds. The lowest BCUT2D eigenvalue weighted by molar-refractivity contribution is 0.304. The molecular weight excluding hydrogens is 362 g/mol. The number of hydrogen-bond acceptors (Lipinski definition) is 5. The van der Waals surface area contributed by atoms with Crippen molar-refractivity contribution in [2.45, 2.75) is 38.5 Å². The van der Waals surface area contributed by atoms with E-state index in [2.05, 4.69) is 33.8 Å². The van der Waals surface area contributed by atoms with Crippen LogP contribution in [0.4, 0.5) is 6.01 Å². The number of nitrogens with one attached hydrogen (secondary N) is 2. The number of fused-ring (bicyclic) bond motifs is 1. The summed E-state index contributed by atoms with van der Waals surface area (Å²) in [4.78, 5) is 4.56. The first kappa shape index (κ1) is 19.8. The molecular formula is C24H31N3O2. The van der Waals surface area contributed by atoms with E-state index in [-0.39, 0.29) is 0 Å². The monoisotopic (exact) mass is 393 g/mol. The molecule has 2 heterocycles. The summed E-state index contributed by atoms with van der Waals surface area (Å²) in [5, 5.41) is 6.74. The number of aryl methyl sites for hydroxylation is 1. The Kier molecular flexibility index (Phi) is 7.03. The fourth-order valence-electron chi connectivity index (χ4n) is 3.81. The topological polar surface area (TPSA) is 59.3 Å². The van der Waals surface area contributed by atoms with E-state index in [1.54, 1.807) is 0 Å².